The fourth-order valence-corrected chi connectivity index (χ4v) is 2.27. The third-order valence-corrected chi connectivity index (χ3v) is 3.15. The Bertz CT molecular complexity index is 521. The molecule has 84 valence electrons. The van der Waals surface area contributed by atoms with Crippen molar-refractivity contribution in [3.05, 3.63) is 66.2 Å². The maximum atomic E-state index is 11.8. The fraction of sp³-hybridized carbons (Fsp3) is 0.133. The van der Waals surface area contributed by atoms with E-state index >= 15 is 0 Å². The molecule has 1 unspecified atom stereocenters. The summed E-state index contributed by atoms with van der Waals surface area (Å²) in [6.07, 6.45) is 0. The molecule has 0 N–H and O–H groups in total. The number of rotatable bonds is 2. The van der Waals surface area contributed by atoms with Crippen molar-refractivity contribution in [2.24, 2.45) is 0 Å². The van der Waals surface area contributed by atoms with Crippen LogP contribution in [0.4, 0.5) is 5.69 Å². The van der Waals surface area contributed by atoms with Gasteiger partial charge >= 0.3 is 0 Å². The highest BCUT2D eigenvalue weighted by Gasteiger charge is 2.38. The molecule has 0 bridgehead atoms. The number of benzene rings is 2. The van der Waals surface area contributed by atoms with Gasteiger partial charge in [-0.15, -0.1) is 0 Å². The maximum Gasteiger partial charge on any atom is 0.179 e. The first-order valence-electron chi connectivity index (χ1n) is 5.75. The van der Waals surface area contributed by atoms with Crippen molar-refractivity contribution in [1.29, 1.82) is 0 Å². The summed E-state index contributed by atoms with van der Waals surface area (Å²) in [5.41, 5.74) is 2.19. The summed E-state index contributed by atoms with van der Waals surface area (Å²) < 4.78 is 0. The summed E-state index contributed by atoms with van der Waals surface area (Å²) in [5.74, 6) is 0.292. The van der Waals surface area contributed by atoms with E-state index in [0.29, 0.717) is 12.3 Å². The van der Waals surface area contributed by atoms with Crippen LogP contribution in [0.2, 0.25) is 0 Å². The molecular formula is C15H13NO. The summed E-state index contributed by atoms with van der Waals surface area (Å²) in [4.78, 5) is 13.9. The lowest BCUT2D eigenvalue weighted by Gasteiger charge is -2.41. The van der Waals surface area contributed by atoms with Crippen LogP contribution in [0, 0.1) is 0 Å². The third kappa shape index (κ3) is 1.72. The molecule has 0 spiro atoms. The highest BCUT2D eigenvalue weighted by Crippen LogP contribution is 2.34. The van der Waals surface area contributed by atoms with E-state index in [4.69, 9.17) is 0 Å². The van der Waals surface area contributed by atoms with Crippen LogP contribution in [-0.4, -0.2) is 12.3 Å². The minimum absolute atomic E-state index is 0.0985. The lowest BCUT2D eigenvalue weighted by atomic mass is 9.92. The van der Waals surface area contributed by atoms with Crippen molar-refractivity contribution in [2.75, 3.05) is 11.4 Å². The van der Waals surface area contributed by atoms with Crippen molar-refractivity contribution >= 4 is 11.5 Å². The molecule has 1 atom stereocenters. The van der Waals surface area contributed by atoms with Gasteiger partial charge < -0.3 is 4.90 Å². The van der Waals surface area contributed by atoms with Crippen LogP contribution < -0.4 is 4.90 Å². The molecule has 0 radical (unpaired) electrons. The second-order valence-corrected chi connectivity index (χ2v) is 4.24. The number of anilines is 1. The summed E-state index contributed by atoms with van der Waals surface area (Å²) in [7, 11) is 0. The van der Waals surface area contributed by atoms with E-state index < -0.39 is 0 Å². The molecule has 1 aliphatic heterocycles. The predicted molar refractivity (Wildman–Crippen MR) is 68.0 cm³/mol. The van der Waals surface area contributed by atoms with Crippen molar-refractivity contribution < 1.29 is 4.79 Å². The number of nitrogens with zero attached hydrogens (tertiary/aromatic N) is 1. The number of hydrogen-bond donors (Lipinski definition) is 0. The van der Waals surface area contributed by atoms with Gasteiger partial charge in [0, 0.05) is 5.69 Å². The highest BCUT2D eigenvalue weighted by atomic mass is 16.1. The average Bonchev–Trinajstić information content (AvgIpc) is 2.38. The maximum absolute atomic E-state index is 11.8. The average molecular weight is 223 g/mol. The molecule has 3 rings (SSSR count). The molecule has 2 heteroatoms. The van der Waals surface area contributed by atoms with Crippen LogP contribution in [0.3, 0.4) is 0 Å². The van der Waals surface area contributed by atoms with Crippen LogP contribution in [-0.2, 0) is 4.79 Å². The van der Waals surface area contributed by atoms with Crippen molar-refractivity contribution in [3.63, 3.8) is 0 Å². The first kappa shape index (κ1) is 10.1. The molecule has 2 aromatic rings. The Morgan fingerprint density at radius 1 is 0.882 bits per heavy atom. The molecule has 1 saturated heterocycles. The summed E-state index contributed by atoms with van der Waals surface area (Å²) in [5, 5.41) is 0. The molecule has 0 aliphatic carbocycles. The lowest BCUT2D eigenvalue weighted by Crippen LogP contribution is -2.50. The van der Waals surface area contributed by atoms with Crippen molar-refractivity contribution in [2.45, 2.75) is 6.04 Å². The Kier molecular flexibility index (Phi) is 2.41. The van der Waals surface area contributed by atoms with Crippen LogP contribution in [0.25, 0.3) is 0 Å². The molecule has 0 saturated carbocycles. The van der Waals surface area contributed by atoms with E-state index in [9.17, 15) is 4.79 Å². The quantitative estimate of drug-likeness (QED) is 0.780. The lowest BCUT2D eigenvalue weighted by molar-refractivity contribution is -0.123. The second kappa shape index (κ2) is 4.06. The number of carbonyl (C=O) groups is 1. The molecule has 0 aromatic heterocycles. The molecule has 1 fully saturated rings. The Morgan fingerprint density at radius 2 is 1.47 bits per heavy atom. The monoisotopic (exact) mass is 223 g/mol. The number of Topliss-reactive ketones (excluding diaryl/α,β-unsaturated/α-hetero) is 1. The zero-order valence-corrected chi connectivity index (χ0v) is 9.41. The van der Waals surface area contributed by atoms with Crippen LogP contribution >= 0.6 is 0 Å². The zero-order chi connectivity index (χ0) is 11.7. The third-order valence-electron chi connectivity index (χ3n) is 3.15. The van der Waals surface area contributed by atoms with Gasteiger partial charge in [-0.2, -0.15) is 0 Å². The van der Waals surface area contributed by atoms with Gasteiger partial charge in [-0.25, -0.2) is 0 Å². The molecule has 0 amide bonds. The topological polar surface area (TPSA) is 20.3 Å². The smallest absolute Gasteiger partial charge is 0.179 e. The van der Waals surface area contributed by atoms with Gasteiger partial charge in [0.25, 0.3) is 0 Å². The molecule has 2 nitrogen and oxygen atoms in total. The second-order valence-electron chi connectivity index (χ2n) is 4.24. The number of hydrogen-bond acceptors (Lipinski definition) is 2. The summed E-state index contributed by atoms with van der Waals surface area (Å²) >= 11 is 0. The Morgan fingerprint density at radius 3 is 2.06 bits per heavy atom. The largest absolute Gasteiger partial charge is 0.350 e. The number of para-hydroxylation sites is 1. The van der Waals surface area contributed by atoms with Crippen LogP contribution in [0.1, 0.15) is 11.6 Å². The fourth-order valence-electron chi connectivity index (χ4n) is 2.27. The summed E-state index contributed by atoms with van der Waals surface area (Å²) in [6, 6.07) is 19.9. The van der Waals surface area contributed by atoms with Crippen molar-refractivity contribution in [3.8, 4) is 0 Å². The normalized spacial score (nSPS) is 18.9. The first-order chi connectivity index (χ1) is 8.36. The number of ketones is 1. The predicted octanol–water partition coefficient (Wildman–Crippen LogP) is 2.82. The number of carbonyl (C=O) groups excluding carboxylic acids is 1. The van der Waals surface area contributed by atoms with Gasteiger partial charge in [0.15, 0.2) is 5.78 Å². The minimum Gasteiger partial charge on any atom is -0.350 e. The Hall–Kier alpha value is -2.09. The van der Waals surface area contributed by atoms with E-state index in [1.54, 1.807) is 0 Å². The first-order valence-corrected chi connectivity index (χ1v) is 5.75. The van der Waals surface area contributed by atoms with Gasteiger partial charge in [-0.1, -0.05) is 48.5 Å². The van der Waals surface area contributed by atoms with E-state index in [1.807, 2.05) is 60.7 Å². The van der Waals surface area contributed by atoms with Crippen molar-refractivity contribution in [1.82, 2.24) is 0 Å². The van der Waals surface area contributed by atoms with E-state index in [2.05, 4.69) is 4.90 Å². The van der Waals surface area contributed by atoms with Gasteiger partial charge in [0.05, 0.1) is 6.54 Å². The van der Waals surface area contributed by atoms with Crippen LogP contribution in [0.5, 0.6) is 0 Å². The van der Waals surface area contributed by atoms with E-state index in [-0.39, 0.29) is 6.04 Å². The molecule has 1 aliphatic rings. The summed E-state index contributed by atoms with van der Waals surface area (Å²) in [6.45, 7) is 0.517. The molecule has 2 aromatic carbocycles. The Balaban J connectivity index is 1.92. The van der Waals surface area contributed by atoms with Gasteiger partial charge in [-0.3, -0.25) is 4.79 Å². The van der Waals surface area contributed by atoms with E-state index in [1.165, 1.54) is 0 Å². The van der Waals surface area contributed by atoms with Gasteiger partial charge in [-0.05, 0) is 17.7 Å². The standard InChI is InChI=1S/C15H13NO/c17-14-11-16(13-9-5-2-6-10-13)15(14)12-7-3-1-4-8-12/h1-10,15H,11H2. The zero-order valence-electron chi connectivity index (χ0n) is 9.41. The van der Waals surface area contributed by atoms with Gasteiger partial charge in [0.1, 0.15) is 6.04 Å². The minimum atomic E-state index is -0.0985. The van der Waals surface area contributed by atoms with Gasteiger partial charge in [0.2, 0.25) is 0 Å². The Labute approximate surface area is 100 Å². The SMILES string of the molecule is O=C1CN(c2ccccc2)C1c1ccccc1. The van der Waals surface area contributed by atoms with Crippen LogP contribution in [0.15, 0.2) is 60.7 Å². The molecule has 17 heavy (non-hydrogen) atoms. The molecular weight excluding hydrogens is 210 g/mol. The highest BCUT2D eigenvalue weighted by molar-refractivity contribution is 5.99. The van der Waals surface area contributed by atoms with E-state index in [0.717, 1.165) is 11.3 Å². The molecule has 1 heterocycles.